The maximum Gasteiger partial charge on any atom is 0.416 e. The lowest BCUT2D eigenvalue weighted by Gasteiger charge is -2.46. The summed E-state index contributed by atoms with van der Waals surface area (Å²) in [4.78, 5) is 2.04. The van der Waals surface area contributed by atoms with Crippen LogP contribution >= 0.6 is 0 Å². The molecule has 0 bridgehead atoms. The molecule has 0 atom stereocenters. The maximum absolute atomic E-state index is 12.6. The first kappa shape index (κ1) is 18.1. The Morgan fingerprint density at radius 2 is 1.70 bits per heavy atom. The zero-order valence-electron chi connectivity index (χ0n) is 13.7. The number of piperidine rings is 1. The number of phenols is 1. The molecule has 1 aromatic carbocycles. The normalized spacial score (nSPS) is 19.8. The number of phenolic OH excluding ortho intramolecular Hbond substituents is 1. The molecule has 1 saturated heterocycles. The topological polar surface area (TPSA) is 43.7 Å². The molecule has 0 spiro atoms. The molecule has 2 N–H and O–H groups in total. The minimum absolute atomic E-state index is 0.213. The number of likely N-dealkylation sites (tertiary alicyclic amines) is 1. The lowest BCUT2D eigenvalue weighted by Crippen LogP contribution is -2.51. The Labute approximate surface area is 134 Å². The minimum Gasteiger partial charge on any atom is -0.508 e. The van der Waals surface area contributed by atoms with Crippen molar-refractivity contribution < 1.29 is 23.4 Å². The van der Waals surface area contributed by atoms with Gasteiger partial charge in [0.25, 0.3) is 0 Å². The van der Waals surface area contributed by atoms with E-state index >= 15 is 0 Å². The monoisotopic (exact) mass is 331 g/mol. The van der Waals surface area contributed by atoms with Crippen LogP contribution in [0.1, 0.15) is 44.7 Å². The van der Waals surface area contributed by atoms with Crippen LogP contribution in [-0.4, -0.2) is 33.8 Å². The van der Waals surface area contributed by atoms with Crippen molar-refractivity contribution in [1.29, 1.82) is 0 Å². The summed E-state index contributed by atoms with van der Waals surface area (Å²) in [6.45, 7) is 7.69. The maximum atomic E-state index is 12.6. The molecule has 6 heteroatoms. The SMILES string of the molecule is CC(C)(C)C1(O)CCN(Cc2ccc(C(F)(F)F)cc2O)CC1. The third kappa shape index (κ3) is 3.98. The predicted octanol–water partition coefficient (Wildman–Crippen LogP) is 3.78. The highest BCUT2D eigenvalue weighted by atomic mass is 19.4. The molecule has 23 heavy (non-hydrogen) atoms. The van der Waals surface area contributed by atoms with Crippen molar-refractivity contribution >= 4 is 0 Å². The van der Waals surface area contributed by atoms with E-state index in [4.69, 9.17) is 0 Å². The zero-order valence-corrected chi connectivity index (χ0v) is 13.7. The summed E-state index contributed by atoms with van der Waals surface area (Å²) >= 11 is 0. The van der Waals surface area contributed by atoms with Crippen LogP contribution in [0.15, 0.2) is 18.2 Å². The van der Waals surface area contributed by atoms with Gasteiger partial charge < -0.3 is 10.2 Å². The summed E-state index contributed by atoms with van der Waals surface area (Å²) in [5, 5.41) is 20.5. The fourth-order valence-electron chi connectivity index (χ4n) is 2.95. The molecule has 0 radical (unpaired) electrons. The first-order valence-electron chi connectivity index (χ1n) is 7.76. The molecule has 1 aliphatic heterocycles. The van der Waals surface area contributed by atoms with Gasteiger partial charge in [0.2, 0.25) is 0 Å². The molecule has 1 fully saturated rings. The molecule has 0 saturated carbocycles. The lowest BCUT2D eigenvalue weighted by molar-refractivity contribution is -0.137. The standard InChI is InChI=1S/C17H24F3NO2/c1-15(2,3)16(23)6-8-21(9-7-16)11-12-4-5-13(10-14(12)22)17(18,19)20/h4-5,10,22-23H,6-9,11H2,1-3H3. The Morgan fingerprint density at radius 1 is 1.13 bits per heavy atom. The Balaban J connectivity index is 2.02. The van der Waals surface area contributed by atoms with E-state index in [0.29, 0.717) is 38.0 Å². The van der Waals surface area contributed by atoms with E-state index in [1.54, 1.807) is 0 Å². The van der Waals surface area contributed by atoms with Gasteiger partial charge >= 0.3 is 6.18 Å². The second-order valence-corrected chi connectivity index (χ2v) is 7.40. The number of halogens is 3. The summed E-state index contributed by atoms with van der Waals surface area (Å²) in [5.74, 6) is -0.337. The van der Waals surface area contributed by atoms with Gasteiger partial charge in [-0.05, 0) is 30.4 Å². The Bertz CT molecular complexity index is 556. The van der Waals surface area contributed by atoms with E-state index in [1.165, 1.54) is 6.07 Å². The Kier molecular flexibility index (Phi) is 4.70. The average molecular weight is 331 g/mol. The van der Waals surface area contributed by atoms with E-state index in [9.17, 15) is 23.4 Å². The largest absolute Gasteiger partial charge is 0.508 e. The van der Waals surface area contributed by atoms with Crippen LogP contribution in [0, 0.1) is 5.41 Å². The molecule has 1 aliphatic rings. The lowest BCUT2D eigenvalue weighted by atomic mass is 9.71. The van der Waals surface area contributed by atoms with E-state index < -0.39 is 17.3 Å². The van der Waals surface area contributed by atoms with Gasteiger partial charge in [0.1, 0.15) is 5.75 Å². The van der Waals surface area contributed by atoms with Crippen LogP contribution in [0.4, 0.5) is 13.2 Å². The van der Waals surface area contributed by atoms with E-state index in [0.717, 1.165) is 12.1 Å². The Hall–Kier alpha value is -1.27. The van der Waals surface area contributed by atoms with Crippen LogP contribution < -0.4 is 0 Å². The number of alkyl halides is 3. The molecule has 1 aromatic rings. The molecule has 0 aromatic heterocycles. The number of aromatic hydroxyl groups is 1. The highest BCUT2D eigenvalue weighted by molar-refractivity contribution is 5.37. The van der Waals surface area contributed by atoms with Crippen molar-refractivity contribution in [3.8, 4) is 5.75 Å². The van der Waals surface area contributed by atoms with Crippen molar-refractivity contribution in [2.45, 2.75) is 51.9 Å². The van der Waals surface area contributed by atoms with Gasteiger partial charge in [0.05, 0.1) is 11.2 Å². The second-order valence-electron chi connectivity index (χ2n) is 7.40. The summed E-state index contributed by atoms with van der Waals surface area (Å²) in [6, 6.07) is 3.08. The molecule has 0 aliphatic carbocycles. The predicted molar refractivity (Wildman–Crippen MR) is 82.0 cm³/mol. The number of nitrogens with zero attached hydrogens (tertiary/aromatic N) is 1. The average Bonchev–Trinajstić information content (AvgIpc) is 2.41. The summed E-state index contributed by atoms with van der Waals surface area (Å²) in [6.07, 6.45) is -3.24. The number of benzene rings is 1. The van der Waals surface area contributed by atoms with E-state index in [1.807, 2.05) is 25.7 Å². The van der Waals surface area contributed by atoms with Crippen molar-refractivity contribution in [2.24, 2.45) is 5.41 Å². The number of hydrogen-bond acceptors (Lipinski definition) is 3. The van der Waals surface area contributed by atoms with Gasteiger partial charge in [-0.15, -0.1) is 0 Å². The molecule has 1 heterocycles. The first-order chi connectivity index (χ1) is 10.4. The number of aliphatic hydroxyl groups is 1. The fraction of sp³-hybridized carbons (Fsp3) is 0.647. The molecule has 130 valence electrons. The van der Waals surface area contributed by atoms with Gasteiger partial charge in [-0.25, -0.2) is 0 Å². The Morgan fingerprint density at radius 3 is 2.13 bits per heavy atom. The molecule has 3 nitrogen and oxygen atoms in total. The smallest absolute Gasteiger partial charge is 0.416 e. The molecular weight excluding hydrogens is 307 g/mol. The molecule has 0 amide bonds. The van der Waals surface area contributed by atoms with Gasteiger partial charge in [0.15, 0.2) is 0 Å². The molecule has 0 unspecified atom stereocenters. The van der Waals surface area contributed by atoms with Crippen LogP contribution in [0.25, 0.3) is 0 Å². The van der Waals surface area contributed by atoms with Crippen LogP contribution in [-0.2, 0) is 12.7 Å². The van der Waals surface area contributed by atoms with Gasteiger partial charge in [-0.1, -0.05) is 26.8 Å². The third-order valence-corrected chi connectivity index (χ3v) is 4.89. The van der Waals surface area contributed by atoms with Gasteiger partial charge in [-0.3, -0.25) is 4.90 Å². The summed E-state index contributed by atoms with van der Waals surface area (Å²) < 4.78 is 37.8. The van der Waals surface area contributed by atoms with Gasteiger partial charge in [-0.2, -0.15) is 13.2 Å². The van der Waals surface area contributed by atoms with Crippen molar-refractivity contribution in [2.75, 3.05) is 13.1 Å². The second kappa shape index (κ2) is 5.98. The first-order valence-corrected chi connectivity index (χ1v) is 7.76. The van der Waals surface area contributed by atoms with Crippen LogP contribution in [0.5, 0.6) is 5.75 Å². The van der Waals surface area contributed by atoms with E-state index in [2.05, 4.69) is 0 Å². The highest BCUT2D eigenvalue weighted by Crippen LogP contribution is 2.39. The molecule has 2 rings (SSSR count). The number of hydrogen-bond donors (Lipinski definition) is 2. The van der Waals surface area contributed by atoms with Crippen molar-refractivity contribution in [3.05, 3.63) is 29.3 Å². The minimum atomic E-state index is -4.45. The van der Waals surface area contributed by atoms with E-state index in [-0.39, 0.29) is 11.2 Å². The summed E-state index contributed by atoms with van der Waals surface area (Å²) in [7, 11) is 0. The van der Waals surface area contributed by atoms with Crippen LogP contribution in [0.2, 0.25) is 0 Å². The number of rotatable bonds is 2. The molecular formula is C17H24F3NO2. The summed E-state index contributed by atoms with van der Waals surface area (Å²) in [5.41, 5.74) is -1.32. The third-order valence-electron chi connectivity index (χ3n) is 4.89. The van der Waals surface area contributed by atoms with Crippen LogP contribution in [0.3, 0.4) is 0 Å². The van der Waals surface area contributed by atoms with Gasteiger partial charge in [0, 0.05) is 25.2 Å². The van der Waals surface area contributed by atoms with Crippen molar-refractivity contribution in [1.82, 2.24) is 4.90 Å². The highest BCUT2D eigenvalue weighted by Gasteiger charge is 2.42. The quantitative estimate of drug-likeness (QED) is 0.867. The zero-order chi connectivity index (χ0) is 17.5. The fourth-order valence-corrected chi connectivity index (χ4v) is 2.95. The van der Waals surface area contributed by atoms with Crippen molar-refractivity contribution in [3.63, 3.8) is 0 Å².